The van der Waals surface area contributed by atoms with Crippen LogP contribution in [0, 0.1) is 5.92 Å². The van der Waals surface area contributed by atoms with Crippen molar-refractivity contribution in [3.63, 3.8) is 0 Å². The molecule has 0 heterocycles. The molecule has 4 nitrogen and oxygen atoms in total. The fraction of sp³-hybridized carbons (Fsp3) is 0.533. The summed E-state index contributed by atoms with van der Waals surface area (Å²) in [5.41, 5.74) is 0.127. The molecule has 3 N–H and O–H groups in total. The van der Waals surface area contributed by atoms with Crippen LogP contribution in [0.2, 0.25) is 0 Å². The molecule has 0 aliphatic heterocycles. The van der Waals surface area contributed by atoms with Crippen molar-refractivity contribution in [2.75, 3.05) is 0 Å². The van der Waals surface area contributed by atoms with E-state index in [0.717, 1.165) is 12.8 Å². The maximum atomic E-state index is 12.1. The van der Waals surface area contributed by atoms with Gasteiger partial charge in [0.25, 0.3) is 5.91 Å². The summed E-state index contributed by atoms with van der Waals surface area (Å²) in [6, 6.07) is 4.51. The van der Waals surface area contributed by atoms with Crippen molar-refractivity contribution in [3.8, 4) is 11.5 Å². The first-order chi connectivity index (χ1) is 9.09. The Morgan fingerprint density at radius 2 is 1.95 bits per heavy atom. The molecule has 1 aromatic rings. The zero-order chi connectivity index (χ0) is 13.8. The van der Waals surface area contributed by atoms with E-state index in [-0.39, 0.29) is 29.0 Å². The van der Waals surface area contributed by atoms with Crippen molar-refractivity contribution < 1.29 is 15.0 Å². The summed E-state index contributed by atoms with van der Waals surface area (Å²) in [4.78, 5) is 12.1. The Bertz CT molecular complexity index is 453. The van der Waals surface area contributed by atoms with E-state index in [0.29, 0.717) is 5.92 Å². The van der Waals surface area contributed by atoms with Crippen LogP contribution in [0.3, 0.4) is 0 Å². The van der Waals surface area contributed by atoms with Crippen LogP contribution in [-0.4, -0.2) is 22.2 Å². The van der Waals surface area contributed by atoms with Gasteiger partial charge in [0.1, 0.15) is 0 Å². The SMILES string of the molecule is CC(NC(=O)c1cccc(O)c1O)C1CCCCC1. The van der Waals surface area contributed by atoms with E-state index >= 15 is 0 Å². The minimum absolute atomic E-state index is 0.0922. The van der Waals surface area contributed by atoms with Crippen molar-refractivity contribution >= 4 is 5.91 Å². The van der Waals surface area contributed by atoms with Crippen molar-refractivity contribution in [2.24, 2.45) is 5.92 Å². The Hall–Kier alpha value is -1.71. The zero-order valence-electron chi connectivity index (χ0n) is 11.2. The summed E-state index contributed by atoms with van der Waals surface area (Å²) in [5.74, 6) is -0.433. The number of hydrogen-bond donors (Lipinski definition) is 3. The lowest BCUT2D eigenvalue weighted by molar-refractivity contribution is 0.0916. The molecule has 1 unspecified atom stereocenters. The molecule has 0 saturated heterocycles. The Morgan fingerprint density at radius 3 is 2.63 bits per heavy atom. The standard InChI is InChI=1S/C15H21NO3/c1-10(11-6-3-2-4-7-11)16-15(19)12-8-5-9-13(17)14(12)18/h5,8-11,17-18H,2-4,6-7H2,1H3,(H,16,19). The number of carbonyl (C=O) groups is 1. The molecule has 104 valence electrons. The van der Waals surface area contributed by atoms with Gasteiger partial charge < -0.3 is 15.5 Å². The molecule has 1 saturated carbocycles. The number of phenolic OH excluding ortho intramolecular Hbond substituents is 2. The molecule has 1 atom stereocenters. The number of phenols is 2. The van der Waals surface area contributed by atoms with Crippen molar-refractivity contribution in [2.45, 2.75) is 45.1 Å². The maximum Gasteiger partial charge on any atom is 0.255 e. The molecule has 1 aliphatic rings. The highest BCUT2D eigenvalue weighted by atomic mass is 16.3. The summed E-state index contributed by atoms with van der Waals surface area (Å²) in [6.45, 7) is 2.01. The molecular formula is C15H21NO3. The summed E-state index contributed by atoms with van der Waals surface area (Å²) in [7, 11) is 0. The van der Waals surface area contributed by atoms with Gasteiger partial charge in [0.15, 0.2) is 11.5 Å². The average Bonchev–Trinajstić information content (AvgIpc) is 2.42. The third kappa shape index (κ3) is 3.19. The third-order valence-corrected chi connectivity index (χ3v) is 3.98. The van der Waals surface area contributed by atoms with Gasteiger partial charge in [-0.2, -0.15) is 0 Å². The average molecular weight is 263 g/mol. The number of para-hydroxylation sites is 1. The quantitative estimate of drug-likeness (QED) is 0.734. The summed E-state index contributed by atoms with van der Waals surface area (Å²) in [6.07, 6.45) is 6.02. The van der Waals surface area contributed by atoms with Crippen LogP contribution in [0.15, 0.2) is 18.2 Å². The minimum atomic E-state index is -0.351. The van der Waals surface area contributed by atoms with Gasteiger partial charge in [-0.15, -0.1) is 0 Å². The van der Waals surface area contributed by atoms with Crippen LogP contribution in [-0.2, 0) is 0 Å². The van der Waals surface area contributed by atoms with Crippen LogP contribution in [0.5, 0.6) is 11.5 Å². The summed E-state index contributed by atoms with van der Waals surface area (Å²) in [5, 5.41) is 22.0. The van der Waals surface area contributed by atoms with E-state index in [1.165, 1.54) is 31.4 Å². The zero-order valence-corrected chi connectivity index (χ0v) is 11.2. The van der Waals surface area contributed by atoms with Gasteiger partial charge in [-0.3, -0.25) is 4.79 Å². The second-order valence-corrected chi connectivity index (χ2v) is 5.33. The van der Waals surface area contributed by atoms with Crippen LogP contribution in [0.25, 0.3) is 0 Å². The van der Waals surface area contributed by atoms with Gasteiger partial charge in [0.2, 0.25) is 0 Å². The summed E-state index contributed by atoms with van der Waals surface area (Å²) >= 11 is 0. The number of aromatic hydroxyl groups is 2. The Morgan fingerprint density at radius 1 is 1.26 bits per heavy atom. The van der Waals surface area contributed by atoms with Crippen molar-refractivity contribution in [1.29, 1.82) is 0 Å². The Labute approximate surface area is 113 Å². The van der Waals surface area contributed by atoms with E-state index in [9.17, 15) is 15.0 Å². The first-order valence-electron chi connectivity index (χ1n) is 6.91. The second-order valence-electron chi connectivity index (χ2n) is 5.33. The number of rotatable bonds is 3. The molecular weight excluding hydrogens is 242 g/mol. The maximum absolute atomic E-state index is 12.1. The fourth-order valence-corrected chi connectivity index (χ4v) is 2.75. The monoisotopic (exact) mass is 263 g/mol. The van der Waals surface area contributed by atoms with Gasteiger partial charge in [0, 0.05) is 6.04 Å². The predicted octanol–water partition coefficient (Wildman–Crippen LogP) is 2.80. The lowest BCUT2D eigenvalue weighted by Gasteiger charge is -2.28. The predicted molar refractivity (Wildman–Crippen MR) is 73.3 cm³/mol. The van der Waals surface area contributed by atoms with E-state index in [1.54, 1.807) is 6.07 Å². The van der Waals surface area contributed by atoms with Crippen LogP contribution in [0.1, 0.15) is 49.4 Å². The number of hydrogen-bond acceptors (Lipinski definition) is 3. The highest BCUT2D eigenvalue weighted by Crippen LogP contribution is 2.29. The number of benzene rings is 1. The Balaban J connectivity index is 2.02. The van der Waals surface area contributed by atoms with Crippen molar-refractivity contribution in [3.05, 3.63) is 23.8 Å². The normalized spacial score (nSPS) is 17.9. The van der Waals surface area contributed by atoms with E-state index in [4.69, 9.17) is 0 Å². The minimum Gasteiger partial charge on any atom is -0.504 e. The number of carbonyl (C=O) groups excluding carboxylic acids is 1. The molecule has 0 aromatic heterocycles. The van der Waals surface area contributed by atoms with Gasteiger partial charge in [0.05, 0.1) is 5.56 Å². The highest BCUT2D eigenvalue weighted by Gasteiger charge is 2.23. The van der Waals surface area contributed by atoms with E-state index in [1.807, 2.05) is 6.92 Å². The number of nitrogens with one attached hydrogen (secondary N) is 1. The van der Waals surface area contributed by atoms with Crippen LogP contribution >= 0.6 is 0 Å². The molecule has 4 heteroatoms. The smallest absolute Gasteiger partial charge is 0.255 e. The second kappa shape index (κ2) is 5.95. The fourth-order valence-electron chi connectivity index (χ4n) is 2.75. The van der Waals surface area contributed by atoms with Crippen molar-refractivity contribution in [1.82, 2.24) is 5.32 Å². The largest absolute Gasteiger partial charge is 0.504 e. The van der Waals surface area contributed by atoms with E-state index < -0.39 is 0 Å². The topological polar surface area (TPSA) is 69.6 Å². The molecule has 1 aromatic carbocycles. The Kier molecular flexibility index (Phi) is 4.30. The molecule has 0 bridgehead atoms. The first kappa shape index (κ1) is 13.7. The van der Waals surface area contributed by atoms with Crippen LogP contribution in [0.4, 0.5) is 0 Å². The molecule has 1 fully saturated rings. The van der Waals surface area contributed by atoms with Gasteiger partial charge >= 0.3 is 0 Å². The van der Waals surface area contributed by atoms with Crippen LogP contribution < -0.4 is 5.32 Å². The molecule has 19 heavy (non-hydrogen) atoms. The number of amides is 1. The molecule has 0 radical (unpaired) electrons. The summed E-state index contributed by atoms with van der Waals surface area (Å²) < 4.78 is 0. The van der Waals surface area contributed by atoms with Gasteiger partial charge in [-0.25, -0.2) is 0 Å². The lowest BCUT2D eigenvalue weighted by atomic mass is 9.84. The first-order valence-corrected chi connectivity index (χ1v) is 6.91. The third-order valence-electron chi connectivity index (χ3n) is 3.98. The highest BCUT2D eigenvalue weighted by molar-refractivity contribution is 5.97. The lowest BCUT2D eigenvalue weighted by Crippen LogP contribution is -2.38. The van der Waals surface area contributed by atoms with E-state index in [2.05, 4.69) is 5.32 Å². The molecule has 0 spiro atoms. The molecule has 1 aliphatic carbocycles. The molecule has 1 amide bonds. The van der Waals surface area contributed by atoms with Gasteiger partial charge in [-0.1, -0.05) is 25.3 Å². The van der Waals surface area contributed by atoms with Gasteiger partial charge in [-0.05, 0) is 37.8 Å². The molecule has 2 rings (SSSR count).